The van der Waals surface area contributed by atoms with Gasteiger partial charge in [-0.25, -0.2) is 0 Å². The van der Waals surface area contributed by atoms with Crippen molar-refractivity contribution >= 4 is 40.6 Å². The van der Waals surface area contributed by atoms with Gasteiger partial charge in [0, 0.05) is 48.9 Å². The van der Waals surface area contributed by atoms with E-state index in [1.165, 1.54) is 0 Å². The fourth-order valence-corrected chi connectivity index (χ4v) is 4.10. The number of rotatable bonds is 4. The van der Waals surface area contributed by atoms with Crippen LogP contribution in [0.3, 0.4) is 0 Å². The third kappa shape index (κ3) is 4.26. The first kappa shape index (κ1) is 20.6. The van der Waals surface area contributed by atoms with Gasteiger partial charge >= 0.3 is 0 Å². The van der Waals surface area contributed by atoms with Crippen molar-refractivity contribution in [2.24, 2.45) is 0 Å². The van der Waals surface area contributed by atoms with Crippen molar-refractivity contribution in [1.82, 2.24) is 19.8 Å². The molecule has 156 valence electrons. The molecular formula is C21H21ClN4O3S. The van der Waals surface area contributed by atoms with Crippen LogP contribution in [0.5, 0.6) is 5.75 Å². The maximum Gasteiger partial charge on any atom is 0.259 e. The Bertz CT molecular complexity index is 1210. The summed E-state index contributed by atoms with van der Waals surface area (Å²) in [6.45, 7) is 3.44. The van der Waals surface area contributed by atoms with Gasteiger partial charge in [0.25, 0.3) is 11.5 Å². The summed E-state index contributed by atoms with van der Waals surface area (Å²) in [5.74, 6) is 0.748. The summed E-state index contributed by atoms with van der Waals surface area (Å²) in [7, 11) is 1.65. The predicted molar refractivity (Wildman–Crippen MR) is 119 cm³/mol. The van der Waals surface area contributed by atoms with Crippen molar-refractivity contribution in [2.75, 3.05) is 33.3 Å². The molecule has 0 unspecified atom stereocenters. The number of fused-ring (bicyclic) bond motifs is 1. The Morgan fingerprint density at radius 3 is 2.63 bits per heavy atom. The quantitative estimate of drug-likeness (QED) is 0.604. The lowest BCUT2D eigenvalue weighted by Gasteiger charge is -2.35. The number of ether oxygens (including phenoxy) is 1. The molecule has 4 rings (SSSR count). The zero-order valence-electron chi connectivity index (χ0n) is 16.4. The Balaban J connectivity index is 1.45. The molecule has 1 aromatic heterocycles. The van der Waals surface area contributed by atoms with E-state index in [0.717, 1.165) is 24.4 Å². The molecule has 0 radical (unpaired) electrons. The van der Waals surface area contributed by atoms with Gasteiger partial charge in [0.05, 0.1) is 18.0 Å². The van der Waals surface area contributed by atoms with Crippen molar-refractivity contribution < 1.29 is 9.53 Å². The standard InChI is InChI=1S/C21H21ClN4O3S/c1-29-18-5-3-15(22)10-14(18)12-25-6-8-26(9-7-25)20(28)13-2-4-16-17(11-13)23-21(30)24-19(16)27/h2-5,10-11H,6-9,12H2,1H3,(H2,23,24,27,30). The molecule has 30 heavy (non-hydrogen) atoms. The first-order valence-corrected chi connectivity index (χ1v) is 10.3. The highest BCUT2D eigenvalue weighted by Gasteiger charge is 2.23. The molecule has 2 aromatic carbocycles. The average Bonchev–Trinajstić information content (AvgIpc) is 2.73. The Morgan fingerprint density at radius 2 is 1.90 bits per heavy atom. The number of nitrogens with zero attached hydrogens (tertiary/aromatic N) is 2. The Hall–Kier alpha value is -2.68. The number of carbonyl (C=O) groups excluding carboxylic acids is 1. The van der Waals surface area contributed by atoms with Crippen molar-refractivity contribution in [1.29, 1.82) is 0 Å². The van der Waals surface area contributed by atoms with Crippen LogP contribution in [0, 0.1) is 4.77 Å². The van der Waals surface area contributed by atoms with E-state index in [0.29, 0.717) is 41.1 Å². The van der Waals surface area contributed by atoms with Crippen LogP contribution in [-0.2, 0) is 6.54 Å². The zero-order valence-corrected chi connectivity index (χ0v) is 18.0. The van der Waals surface area contributed by atoms with Crippen LogP contribution in [0.4, 0.5) is 0 Å². The number of hydrogen-bond acceptors (Lipinski definition) is 5. The maximum atomic E-state index is 13.0. The lowest BCUT2D eigenvalue weighted by Crippen LogP contribution is -2.48. The monoisotopic (exact) mass is 444 g/mol. The topological polar surface area (TPSA) is 81.4 Å². The molecule has 0 atom stereocenters. The number of carbonyl (C=O) groups is 1. The lowest BCUT2D eigenvalue weighted by atomic mass is 10.1. The van der Waals surface area contributed by atoms with Crippen LogP contribution in [0.25, 0.3) is 10.9 Å². The van der Waals surface area contributed by atoms with E-state index >= 15 is 0 Å². The van der Waals surface area contributed by atoms with E-state index in [4.69, 9.17) is 28.6 Å². The minimum atomic E-state index is -0.266. The van der Waals surface area contributed by atoms with Crippen LogP contribution < -0.4 is 10.3 Å². The Morgan fingerprint density at radius 1 is 1.13 bits per heavy atom. The number of benzene rings is 2. The number of halogens is 1. The SMILES string of the molecule is COc1ccc(Cl)cc1CN1CCN(C(=O)c2ccc3c(=O)[nH]c(=S)[nH]c3c2)CC1. The molecule has 0 bridgehead atoms. The molecule has 1 fully saturated rings. The van der Waals surface area contributed by atoms with Gasteiger partial charge in [0.15, 0.2) is 4.77 Å². The number of hydrogen-bond donors (Lipinski definition) is 2. The van der Waals surface area contributed by atoms with Crippen LogP contribution in [0.15, 0.2) is 41.2 Å². The van der Waals surface area contributed by atoms with E-state index in [1.807, 2.05) is 23.1 Å². The van der Waals surface area contributed by atoms with Crippen molar-refractivity contribution in [3.05, 3.63) is 67.7 Å². The van der Waals surface area contributed by atoms with E-state index < -0.39 is 0 Å². The van der Waals surface area contributed by atoms with Gasteiger partial charge in [0.1, 0.15) is 5.75 Å². The molecule has 1 saturated heterocycles. The smallest absolute Gasteiger partial charge is 0.259 e. The van der Waals surface area contributed by atoms with E-state index in [1.54, 1.807) is 25.3 Å². The van der Waals surface area contributed by atoms with Gasteiger partial charge in [-0.15, -0.1) is 0 Å². The summed E-state index contributed by atoms with van der Waals surface area (Å²) >= 11 is 11.2. The van der Waals surface area contributed by atoms with Crippen LogP contribution in [0.1, 0.15) is 15.9 Å². The Kier molecular flexibility index (Phi) is 5.90. The van der Waals surface area contributed by atoms with Gasteiger partial charge in [-0.05, 0) is 48.6 Å². The number of H-pyrrole nitrogens is 2. The number of aromatic nitrogens is 2. The molecule has 9 heteroatoms. The van der Waals surface area contributed by atoms with Gasteiger partial charge in [-0.3, -0.25) is 19.5 Å². The summed E-state index contributed by atoms with van der Waals surface area (Å²) in [5, 5.41) is 1.15. The van der Waals surface area contributed by atoms with E-state index in [-0.39, 0.29) is 16.2 Å². The normalized spacial score (nSPS) is 14.8. The fourth-order valence-electron chi connectivity index (χ4n) is 3.71. The molecule has 1 aliphatic heterocycles. The highest BCUT2D eigenvalue weighted by atomic mass is 35.5. The summed E-state index contributed by atoms with van der Waals surface area (Å²) in [5.41, 5.74) is 1.85. The van der Waals surface area contributed by atoms with E-state index in [2.05, 4.69) is 14.9 Å². The minimum absolute atomic E-state index is 0.0588. The summed E-state index contributed by atoms with van der Waals surface area (Å²) in [6.07, 6.45) is 0. The molecule has 0 spiro atoms. The summed E-state index contributed by atoms with van der Waals surface area (Å²) in [6, 6.07) is 10.6. The third-order valence-electron chi connectivity index (χ3n) is 5.28. The molecule has 3 aromatic rings. The molecule has 2 heterocycles. The summed E-state index contributed by atoms with van der Waals surface area (Å²) < 4.78 is 5.66. The largest absolute Gasteiger partial charge is 0.496 e. The second kappa shape index (κ2) is 8.59. The second-order valence-electron chi connectivity index (χ2n) is 7.19. The van der Waals surface area contributed by atoms with Crippen molar-refractivity contribution in [3.8, 4) is 5.75 Å². The highest BCUT2D eigenvalue weighted by molar-refractivity contribution is 7.71. The van der Waals surface area contributed by atoms with Crippen molar-refractivity contribution in [2.45, 2.75) is 6.54 Å². The van der Waals surface area contributed by atoms with Gasteiger partial charge in [0.2, 0.25) is 0 Å². The predicted octanol–water partition coefficient (Wildman–Crippen LogP) is 3.21. The number of piperazine rings is 1. The van der Waals surface area contributed by atoms with Gasteiger partial charge < -0.3 is 14.6 Å². The van der Waals surface area contributed by atoms with Crippen molar-refractivity contribution in [3.63, 3.8) is 0 Å². The Labute approximate surface area is 183 Å². The van der Waals surface area contributed by atoms with Gasteiger partial charge in [-0.1, -0.05) is 11.6 Å². The molecule has 1 amide bonds. The maximum absolute atomic E-state index is 13.0. The molecule has 0 aliphatic carbocycles. The molecule has 7 nitrogen and oxygen atoms in total. The first-order valence-electron chi connectivity index (χ1n) is 9.55. The molecule has 2 N–H and O–H groups in total. The second-order valence-corrected chi connectivity index (χ2v) is 8.04. The third-order valence-corrected chi connectivity index (χ3v) is 5.72. The minimum Gasteiger partial charge on any atom is -0.496 e. The molecule has 1 aliphatic rings. The fraction of sp³-hybridized carbons (Fsp3) is 0.286. The van der Waals surface area contributed by atoms with Crippen LogP contribution in [0.2, 0.25) is 5.02 Å². The van der Waals surface area contributed by atoms with Gasteiger partial charge in [-0.2, -0.15) is 0 Å². The number of nitrogens with one attached hydrogen (secondary N) is 2. The number of aromatic amines is 2. The van der Waals surface area contributed by atoms with Crippen LogP contribution in [-0.4, -0.2) is 59.0 Å². The molecular weight excluding hydrogens is 424 g/mol. The number of methoxy groups -OCH3 is 1. The van der Waals surface area contributed by atoms with E-state index in [9.17, 15) is 9.59 Å². The van der Waals surface area contributed by atoms with Crippen LogP contribution >= 0.6 is 23.8 Å². The lowest BCUT2D eigenvalue weighted by molar-refractivity contribution is 0.0627. The first-order chi connectivity index (χ1) is 14.4. The number of amides is 1. The summed E-state index contributed by atoms with van der Waals surface area (Å²) in [4.78, 5) is 34.5. The average molecular weight is 445 g/mol. The zero-order chi connectivity index (χ0) is 21.3. The highest BCUT2D eigenvalue weighted by Crippen LogP contribution is 2.24. The molecule has 0 saturated carbocycles.